The molecule has 1 aromatic heterocycles. The van der Waals surface area contributed by atoms with E-state index in [2.05, 4.69) is 105 Å². The third-order valence-corrected chi connectivity index (χ3v) is 9.07. The Morgan fingerprint density at radius 2 is 1.60 bits per heavy atom. The lowest BCUT2D eigenvalue weighted by molar-refractivity contribution is -0.659. The molecule has 0 aliphatic heterocycles. The Kier molecular flexibility index (Phi) is 5.75. The van der Waals surface area contributed by atoms with Gasteiger partial charge in [0.05, 0.1) is 10.9 Å². The van der Waals surface area contributed by atoms with Gasteiger partial charge >= 0.3 is 0 Å². The quantitative estimate of drug-likeness (QED) is 0.268. The molecule has 1 heteroatoms. The van der Waals surface area contributed by atoms with Crippen LogP contribution in [0.25, 0.3) is 33.2 Å². The summed E-state index contributed by atoms with van der Waals surface area (Å²) in [5.41, 5.74) is 9.69. The fourth-order valence-corrected chi connectivity index (χ4v) is 7.12. The minimum absolute atomic E-state index is 0.478. The Bertz CT molecular complexity index is 1370. The zero-order valence-electron chi connectivity index (χ0n) is 21.7. The van der Waals surface area contributed by atoms with Crippen molar-refractivity contribution in [3.05, 3.63) is 89.6 Å². The molecular formula is C34H38N+. The molecule has 7 rings (SSSR count). The smallest absolute Gasteiger partial charge is 0.200 e. The number of fused-ring (bicyclic) bond motifs is 4. The van der Waals surface area contributed by atoms with Crippen molar-refractivity contribution in [2.24, 2.45) is 18.9 Å². The van der Waals surface area contributed by atoms with Crippen LogP contribution in [0, 0.1) is 18.8 Å². The predicted molar refractivity (Wildman–Crippen MR) is 148 cm³/mol. The van der Waals surface area contributed by atoms with Crippen LogP contribution in [-0.2, 0) is 7.05 Å². The van der Waals surface area contributed by atoms with E-state index in [1.807, 2.05) is 0 Å². The van der Waals surface area contributed by atoms with E-state index in [1.54, 1.807) is 5.56 Å². The summed E-state index contributed by atoms with van der Waals surface area (Å²) in [4.78, 5) is 0. The number of aryl methyl sites for hydroxylation is 1. The fourth-order valence-electron chi connectivity index (χ4n) is 7.12. The third-order valence-electron chi connectivity index (χ3n) is 9.07. The summed E-state index contributed by atoms with van der Waals surface area (Å²) in [6.45, 7) is 6.94. The van der Waals surface area contributed by atoms with Gasteiger partial charge in [-0.05, 0) is 95.2 Å². The molecule has 4 aromatic rings. The Morgan fingerprint density at radius 3 is 2.29 bits per heavy atom. The molecule has 1 heterocycles. The van der Waals surface area contributed by atoms with Gasteiger partial charge in [-0.3, -0.25) is 0 Å². The molecule has 0 radical (unpaired) electrons. The minimum Gasteiger partial charge on any atom is -0.200 e. The van der Waals surface area contributed by atoms with Crippen molar-refractivity contribution in [1.82, 2.24) is 0 Å². The van der Waals surface area contributed by atoms with Crippen molar-refractivity contribution in [2.45, 2.75) is 64.7 Å². The number of aromatic nitrogens is 1. The number of benzene rings is 3. The highest BCUT2D eigenvalue weighted by molar-refractivity contribution is 5.95. The van der Waals surface area contributed by atoms with E-state index in [9.17, 15) is 0 Å². The lowest BCUT2D eigenvalue weighted by atomic mass is 9.63. The molecule has 0 saturated heterocycles. The van der Waals surface area contributed by atoms with Crippen LogP contribution in [0.5, 0.6) is 0 Å². The minimum atomic E-state index is 0.478. The molecule has 0 spiro atoms. The zero-order chi connectivity index (χ0) is 24.1. The van der Waals surface area contributed by atoms with E-state index in [1.165, 1.54) is 76.4 Å². The molecule has 3 aliphatic carbocycles. The van der Waals surface area contributed by atoms with Gasteiger partial charge in [0.2, 0.25) is 5.69 Å². The molecule has 2 bridgehead atoms. The Hall–Kier alpha value is -2.93. The van der Waals surface area contributed by atoms with Crippen LogP contribution in [0.15, 0.2) is 72.9 Å². The van der Waals surface area contributed by atoms with Crippen LogP contribution in [0.3, 0.4) is 0 Å². The van der Waals surface area contributed by atoms with E-state index < -0.39 is 0 Å². The van der Waals surface area contributed by atoms with Gasteiger partial charge in [0.15, 0.2) is 6.20 Å². The summed E-state index contributed by atoms with van der Waals surface area (Å²) < 4.78 is 2.33. The predicted octanol–water partition coefficient (Wildman–Crippen LogP) is 8.72. The molecule has 1 nitrogen and oxygen atoms in total. The van der Waals surface area contributed by atoms with Gasteiger partial charge < -0.3 is 0 Å². The van der Waals surface area contributed by atoms with Crippen molar-refractivity contribution in [2.75, 3.05) is 0 Å². The van der Waals surface area contributed by atoms with Gasteiger partial charge in [-0.1, -0.05) is 75.2 Å². The molecule has 0 amide bonds. The highest BCUT2D eigenvalue weighted by atomic mass is 14.9. The topological polar surface area (TPSA) is 3.88 Å². The summed E-state index contributed by atoms with van der Waals surface area (Å²) in [6.07, 6.45) is 9.46. The van der Waals surface area contributed by atoms with E-state index in [4.69, 9.17) is 0 Å². The highest BCUT2D eigenvalue weighted by Crippen LogP contribution is 2.50. The molecule has 3 saturated carbocycles. The maximum atomic E-state index is 2.52. The third kappa shape index (κ3) is 3.99. The largest absolute Gasteiger partial charge is 0.220 e. The molecule has 1 atom stereocenters. The first-order valence-electron chi connectivity index (χ1n) is 13.6. The van der Waals surface area contributed by atoms with Crippen LogP contribution >= 0.6 is 0 Å². The lowest BCUT2D eigenvalue weighted by Gasteiger charge is -2.42. The molecule has 1 unspecified atom stereocenters. The van der Waals surface area contributed by atoms with Gasteiger partial charge in [0, 0.05) is 6.07 Å². The maximum Gasteiger partial charge on any atom is 0.220 e. The zero-order valence-corrected chi connectivity index (χ0v) is 21.7. The second kappa shape index (κ2) is 8.94. The number of rotatable bonds is 4. The Labute approximate surface area is 210 Å². The fraction of sp³-hybridized carbons (Fsp3) is 0.382. The van der Waals surface area contributed by atoms with Gasteiger partial charge in [-0.2, -0.15) is 0 Å². The van der Waals surface area contributed by atoms with Crippen molar-refractivity contribution in [3.63, 3.8) is 0 Å². The van der Waals surface area contributed by atoms with Gasteiger partial charge in [-0.25, -0.2) is 4.57 Å². The average molecular weight is 461 g/mol. The second-order valence-electron chi connectivity index (χ2n) is 11.5. The normalized spacial score (nSPS) is 21.7. The average Bonchev–Trinajstić information content (AvgIpc) is 2.90. The first-order valence-corrected chi connectivity index (χ1v) is 13.6. The number of hydrogen-bond acceptors (Lipinski definition) is 0. The molecule has 178 valence electrons. The molecule has 0 N–H and O–H groups in total. The molecule has 3 aromatic carbocycles. The van der Waals surface area contributed by atoms with E-state index in [-0.39, 0.29) is 0 Å². The van der Waals surface area contributed by atoms with E-state index >= 15 is 0 Å². The molecule has 35 heavy (non-hydrogen) atoms. The van der Waals surface area contributed by atoms with Crippen molar-refractivity contribution in [1.29, 1.82) is 0 Å². The summed E-state index contributed by atoms with van der Waals surface area (Å²) in [7, 11) is 2.20. The van der Waals surface area contributed by atoms with Crippen LogP contribution in [0.4, 0.5) is 0 Å². The van der Waals surface area contributed by atoms with E-state index in [0.717, 1.165) is 17.8 Å². The summed E-state index contributed by atoms with van der Waals surface area (Å²) in [5, 5.41) is 2.75. The maximum absolute atomic E-state index is 2.52. The van der Waals surface area contributed by atoms with Gasteiger partial charge in [0.25, 0.3) is 0 Å². The molecule has 3 aliphatic rings. The van der Waals surface area contributed by atoms with Crippen LogP contribution in [-0.4, -0.2) is 0 Å². The summed E-state index contributed by atoms with van der Waals surface area (Å²) >= 11 is 0. The standard InChI is InChI=1S/C34H38N/c1-22(2)31-20-29(25-8-6-5-7-9-25)21-32(23(31)3)34-30-15-14-27(19-28(30)16-17-35(34)4)33-18-24-10-12-26(33)13-11-24/h5-9,14-17,19-22,24,26,33H,10-13,18H2,1-4H3/q+1. The summed E-state index contributed by atoms with van der Waals surface area (Å²) in [5.74, 6) is 3.10. The number of pyridine rings is 1. The van der Waals surface area contributed by atoms with Crippen LogP contribution < -0.4 is 4.57 Å². The monoisotopic (exact) mass is 460 g/mol. The van der Waals surface area contributed by atoms with Crippen molar-refractivity contribution in [3.8, 4) is 22.4 Å². The molecular weight excluding hydrogens is 422 g/mol. The van der Waals surface area contributed by atoms with Gasteiger partial charge in [0.1, 0.15) is 7.05 Å². The van der Waals surface area contributed by atoms with Crippen LogP contribution in [0.2, 0.25) is 0 Å². The number of hydrogen-bond donors (Lipinski definition) is 0. The Balaban J connectivity index is 1.51. The second-order valence-corrected chi connectivity index (χ2v) is 11.5. The lowest BCUT2D eigenvalue weighted by Crippen LogP contribution is -2.31. The van der Waals surface area contributed by atoms with Crippen LogP contribution in [0.1, 0.15) is 74.5 Å². The van der Waals surface area contributed by atoms with E-state index in [0.29, 0.717) is 5.92 Å². The highest BCUT2D eigenvalue weighted by Gasteiger charge is 2.36. The molecule has 3 fully saturated rings. The number of nitrogens with zero attached hydrogens (tertiary/aromatic N) is 1. The SMILES string of the molecule is Cc1c(-c2c3ccc(C4CC5CCC4CC5)cc3cc[n+]2C)cc(-c2ccccc2)cc1C(C)C. The first kappa shape index (κ1) is 22.5. The summed E-state index contributed by atoms with van der Waals surface area (Å²) in [6, 6.07) is 25.4. The first-order chi connectivity index (χ1) is 17.0. The van der Waals surface area contributed by atoms with Crippen molar-refractivity contribution >= 4 is 10.8 Å². The van der Waals surface area contributed by atoms with Crippen molar-refractivity contribution < 1.29 is 4.57 Å². The Morgan fingerprint density at radius 1 is 0.829 bits per heavy atom. The van der Waals surface area contributed by atoms with Gasteiger partial charge in [-0.15, -0.1) is 0 Å².